The lowest BCUT2D eigenvalue weighted by Gasteiger charge is -2.26. The molecular formula is C24H20Cl2N4O2. The summed E-state index contributed by atoms with van der Waals surface area (Å²) < 4.78 is 0. The number of rotatable bonds is 2. The maximum atomic E-state index is 13.6. The highest BCUT2D eigenvalue weighted by atomic mass is 35.5. The largest absolute Gasteiger partial charge is 0.277 e. The first-order valence-electron chi connectivity index (χ1n) is 10.1. The second-order valence-corrected chi connectivity index (χ2v) is 8.62. The maximum Gasteiger partial charge on any atom is 0.277 e. The van der Waals surface area contributed by atoms with E-state index in [0.29, 0.717) is 27.1 Å². The molecule has 0 saturated carbocycles. The van der Waals surface area contributed by atoms with Gasteiger partial charge in [0.15, 0.2) is 0 Å². The lowest BCUT2D eigenvalue weighted by Crippen LogP contribution is -2.49. The van der Waals surface area contributed by atoms with Gasteiger partial charge in [-0.15, -0.1) is 0 Å². The van der Waals surface area contributed by atoms with Crippen molar-refractivity contribution < 1.29 is 9.73 Å². The van der Waals surface area contributed by atoms with E-state index in [1.54, 1.807) is 11.1 Å². The van der Waals surface area contributed by atoms with Crippen LogP contribution in [0.4, 0.5) is 11.4 Å². The van der Waals surface area contributed by atoms with E-state index in [-0.39, 0.29) is 5.91 Å². The number of hydrogen-bond donors (Lipinski definition) is 0. The number of carbonyl (C=O) groups excluding carboxylic acids is 1. The molecule has 0 aromatic heterocycles. The molecule has 0 fully saturated rings. The molecule has 162 valence electrons. The van der Waals surface area contributed by atoms with Crippen molar-refractivity contribution >= 4 is 46.3 Å². The minimum atomic E-state index is -0.220. The Hall–Kier alpha value is -3.06. The number of aryl methyl sites for hydroxylation is 1. The van der Waals surface area contributed by atoms with Crippen LogP contribution in [0.25, 0.3) is 0 Å². The van der Waals surface area contributed by atoms with Gasteiger partial charge >= 0.3 is 0 Å². The molecule has 0 bridgehead atoms. The van der Waals surface area contributed by atoms with E-state index in [1.807, 2.05) is 70.2 Å². The topological polar surface area (TPSA) is 48.4 Å². The van der Waals surface area contributed by atoms with Gasteiger partial charge in [-0.3, -0.25) is 9.73 Å². The molecule has 3 aromatic carbocycles. The highest BCUT2D eigenvalue weighted by molar-refractivity contribution is 6.38. The van der Waals surface area contributed by atoms with Crippen molar-refractivity contribution in [3.8, 4) is 0 Å². The number of carbonyl (C=O) groups is 1. The minimum Gasteiger partial charge on any atom is -0.267 e. The molecule has 2 aliphatic rings. The average Bonchev–Trinajstić information content (AvgIpc) is 3.35. The first-order valence-corrected chi connectivity index (χ1v) is 10.9. The van der Waals surface area contributed by atoms with Crippen molar-refractivity contribution in [2.24, 2.45) is 5.16 Å². The highest BCUT2D eigenvalue weighted by Gasteiger charge is 2.48. The van der Waals surface area contributed by atoms with Crippen LogP contribution in [0, 0.1) is 27.7 Å². The van der Waals surface area contributed by atoms with Gasteiger partial charge in [0.1, 0.15) is 0 Å². The number of amidine groups is 1. The van der Waals surface area contributed by atoms with Crippen molar-refractivity contribution in [2.45, 2.75) is 27.7 Å². The second kappa shape index (κ2) is 7.52. The Labute approximate surface area is 196 Å². The summed E-state index contributed by atoms with van der Waals surface area (Å²) in [6.07, 6.45) is 0. The summed E-state index contributed by atoms with van der Waals surface area (Å²) in [5, 5.41) is 10.1. The number of para-hydroxylation sites is 2. The quantitative estimate of drug-likeness (QED) is 0.455. The molecule has 8 heteroatoms. The van der Waals surface area contributed by atoms with Gasteiger partial charge in [0.25, 0.3) is 5.91 Å². The van der Waals surface area contributed by atoms with Gasteiger partial charge in [0.2, 0.25) is 5.84 Å². The van der Waals surface area contributed by atoms with Crippen molar-refractivity contribution in [1.29, 1.82) is 0 Å². The van der Waals surface area contributed by atoms with Crippen molar-refractivity contribution in [2.75, 3.05) is 10.0 Å². The second-order valence-electron chi connectivity index (χ2n) is 7.86. The number of amides is 1. The fourth-order valence-corrected chi connectivity index (χ4v) is 4.67. The van der Waals surface area contributed by atoms with Crippen LogP contribution >= 0.6 is 23.2 Å². The van der Waals surface area contributed by atoms with Crippen LogP contribution < -0.4 is 10.0 Å². The summed E-state index contributed by atoms with van der Waals surface area (Å²) in [4.78, 5) is 19.3. The van der Waals surface area contributed by atoms with Gasteiger partial charge in [-0.05, 0) is 73.3 Å². The van der Waals surface area contributed by atoms with Crippen LogP contribution in [0.15, 0.2) is 53.7 Å². The molecule has 32 heavy (non-hydrogen) atoms. The molecule has 6 nitrogen and oxygen atoms in total. The molecule has 2 aliphatic heterocycles. The third-order valence-electron chi connectivity index (χ3n) is 5.94. The molecule has 0 saturated heterocycles. The SMILES string of the molecule is Cc1ccccc1C(=O)N1c2ccccc2N2C(c3c(C)c(Cl)c(C)c(Cl)c3C)=NON12. The lowest BCUT2D eigenvalue weighted by molar-refractivity contribution is -0.135. The standard InChI is InChI=1S/C24H20Cl2N4O2/c1-13-9-5-6-10-17(13)24(31)29-19-12-8-7-11-18(19)28-23(27-32-30(28)29)20-14(2)21(25)16(4)22(26)15(20)3/h5-12H,1-4H3. The number of oxime groups is 1. The summed E-state index contributed by atoms with van der Waals surface area (Å²) in [6, 6.07) is 15.0. The fraction of sp³-hybridized carbons (Fsp3) is 0.167. The Balaban J connectivity index is 1.65. The molecule has 0 aliphatic carbocycles. The molecule has 0 spiro atoms. The molecule has 2 heterocycles. The van der Waals surface area contributed by atoms with Crippen molar-refractivity contribution in [3.05, 3.63) is 92.0 Å². The number of anilines is 2. The number of fused-ring (bicyclic) bond motifs is 3. The van der Waals surface area contributed by atoms with Crippen LogP contribution in [0.5, 0.6) is 0 Å². The van der Waals surface area contributed by atoms with Gasteiger partial charge in [-0.2, -0.15) is 10.0 Å². The van der Waals surface area contributed by atoms with Crippen molar-refractivity contribution in [1.82, 2.24) is 5.28 Å². The molecule has 0 atom stereocenters. The number of hydrazine groups is 2. The fourth-order valence-electron chi connectivity index (χ4n) is 4.24. The predicted molar refractivity (Wildman–Crippen MR) is 127 cm³/mol. The first kappa shape index (κ1) is 20.8. The molecule has 0 radical (unpaired) electrons. The number of hydrogen-bond acceptors (Lipinski definition) is 5. The molecular weight excluding hydrogens is 447 g/mol. The van der Waals surface area contributed by atoms with Crippen LogP contribution in [0.1, 0.15) is 38.2 Å². The number of halogens is 2. The average molecular weight is 467 g/mol. The van der Waals surface area contributed by atoms with E-state index in [0.717, 1.165) is 33.5 Å². The van der Waals surface area contributed by atoms with Crippen LogP contribution in [0.3, 0.4) is 0 Å². The van der Waals surface area contributed by atoms with Crippen LogP contribution in [-0.4, -0.2) is 17.0 Å². The summed E-state index contributed by atoms with van der Waals surface area (Å²) in [5.41, 5.74) is 6.18. The molecule has 0 unspecified atom stereocenters. The summed E-state index contributed by atoms with van der Waals surface area (Å²) in [6.45, 7) is 7.65. The van der Waals surface area contributed by atoms with Gasteiger partial charge in [-0.1, -0.05) is 53.5 Å². The number of nitrogens with zero attached hydrogens (tertiary/aromatic N) is 4. The molecule has 0 N–H and O–H groups in total. The molecule has 5 rings (SSSR count). The van der Waals surface area contributed by atoms with E-state index in [4.69, 9.17) is 28.1 Å². The zero-order valence-electron chi connectivity index (χ0n) is 18.0. The van der Waals surface area contributed by atoms with E-state index in [9.17, 15) is 4.79 Å². The van der Waals surface area contributed by atoms with E-state index >= 15 is 0 Å². The zero-order valence-corrected chi connectivity index (χ0v) is 19.5. The summed E-state index contributed by atoms with van der Waals surface area (Å²) >= 11 is 13.2. The van der Waals surface area contributed by atoms with Crippen LogP contribution in [0.2, 0.25) is 10.0 Å². The predicted octanol–water partition coefficient (Wildman–Crippen LogP) is 6.13. The van der Waals surface area contributed by atoms with Gasteiger partial charge < -0.3 is 0 Å². The summed E-state index contributed by atoms with van der Waals surface area (Å²) in [7, 11) is 0. The van der Waals surface area contributed by atoms with E-state index < -0.39 is 0 Å². The Bertz CT molecular complexity index is 1290. The molecule has 1 amide bonds. The monoisotopic (exact) mass is 466 g/mol. The van der Waals surface area contributed by atoms with Gasteiger partial charge in [0.05, 0.1) is 16.7 Å². The highest BCUT2D eigenvalue weighted by Crippen LogP contribution is 2.45. The number of benzene rings is 3. The zero-order chi connectivity index (χ0) is 22.7. The Morgan fingerprint density at radius 2 is 1.44 bits per heavy atom. The third-order valence-corrected chi connectivity index (χ3v) is 7.07. The Morgan fingerprint density at radius 1 is 0.844 bits per heavy atom. The maximum absolute atomic E-state index is 13.6. The van der Waals surface area contributed by atoms with Gasteiger partial charge in [0, 0.05) is 21.2 Å². The normalized spacial score (nSPS) is 14.9. The van der Waals surface area contributed by atoms with Gasteiger partial charge in [-0.25, -0.2) is 0 Å². The van der Waals surface area contributed by atoms with E-state index in [2.05, 4.69) is 5.16 Å². The van der Waals surface area contributed by atoms with Crippen LogP contribution in [-0.2, 0) is 4.94 Å². The summed E-state index contributed by atoms with van der Waals surface area (Å²) in [5.74, 6) is 0.291. The lowest BCUT2D eigenvalue weighted by atomic mass is 9.98. The molecule has 3 aromatic rings. The smallest absolute Gasteiger partial charge is 0.267 e. The Kier molecular flexibility index (Phi) is 4.89. The van der Waals surface area contributed by atoms with E-state index in [1.165, 1.54) is 10.3 Å². The Morgan fingerprint density at radius 3 is 2.09 bits per heavy atom. The third kappa shape index (κ3) is 2.84. The minimum absolute atomic E-state index is 0.220. The van der Waals surface area contributed by atoms with Crippen molar-refractivity contribution in [3.63, 3.8) is 0 Å². The first-order chi connectivity index (χ1) is 15.3.